The molecule has 13 rings (SSSR count). The van der Waals surface area contributed by atoms with Gasteiger partial charge in [0.15, 0.2) is 0 Å². The van der Waals surface area contributed by atoms with E-state index in [9.17, 15) is 0 Å². The average Bonchev–Trinajstić information content (AvgIpc) is 1.65. The van der Waals surface area contributed by atoms with Gasteiger partial charge in [-0.2, -0.15) is 0 Å². The lowest BCUT2D eigenvalue weighted by molar-refractivity contribution is -0.208. The summed E-state index contributed by atoms with van der Waals surface area (Å²) in [6.45, 7) is -4.62. The molecule has 0 unspecified atom stereocenters. The first-order valence-electron chi connectivity index (χ1n) is 26.5. The van der Waals surface area contributed by atoms with Crippen molar-refractivity contribution in [1.29, 1.82) is 0 Å². The summed E-state index contributed by atoms with van der Waals surface area (Å²) in [6, 6.07) is 41.2. The molecule has 7 aliphatic rings. The Morgan fingerprint density at radius 1 is 0.202 bits per heavy atom. The minimum Gasteiger partial charge on any atom is -0.282 e. The number of benzene rings is 6. The number of hydrogen-bond donors (Lipinski definition) is 0. The molecule has 30 heteroatoms. The van der Waals surface area contributed by atoms with Crippen LogP contribution in [0.5, 0.6) is 0 Å². The third-order valence-electron chi connectivity index (χ3n) is 14.7. The highest BCUT2D eigenvalue weighted by atomic mass is 31.2. The van der Waals surface area contributed by atoms with Gasteiger partial charge in [-0.25, -0.2) is 27.4 Å². The second-order valence-corrected chi connectivity index (χ2v) is 29.7. The Morgan fingerprint density at radius 2 is 0.298 bits per heavy atom. The van der Waals surface area contributed by atoms with E-state index < -0.39 is 83.6 Å². The van der Waals surface area contributed by atoms with E-state index in [4.69, 9.17) is 81.4 Å². The van der Waals surface area contributed by atoms with Gasteiger partial charge in [0.1, 0.15) is 36.6 Å². The lowest BCUT2D eigenvalue weighted by Gasteiger charge is -2.49. The molecule has 0 saturated heterocycles. The van der Waals surface area contributed by atoms with Crippen molar-refractivity contribution < 1.29 is 109 Å². The van der Waals surface area contributed by atoms with Gasteiger partial charge in [0.25, 0.3) is 0 Å². The third-order valence-corrected chi connectivity index (χ3v) is 23.0. The Labute approximate surface area is 482 Å². The number of fused-ring (bicyclic) bond motifs is 6. The molecule has 24 nitrogen and oxygen atoms in total. The van der Waals surface area contributed by atoms with Crippen LogP contribution < -0.4 is 0 Å². The Balaban J connectivity index is 0.998. The maximum absolute atomic E-state index is 15.6. The highest BCUT2D eigenvalue weighted by Gasteiger charge is 2.65. The zero-order chi connectivity index (χ0) is 57.6. The molecular formula is C54H54O24P6. The first-order valence-corrected chi connectivity index (χ1v) is 35.2. The standard InChI is InChI=1S/C54H54O24P6/c55-79(61-25-37-13-1-2-14-38(37)26-62-79)73-49-50(74-80(56)63-27-39-15-3-4-16-40(39)28-64-80)52(76-82(58)67-31-43-19-7-8-20-44(43)32-68-82)54(78-84(60)71-35-47-23-11-12-24-48(47)36-72-84)53(77-83(59)69-33-45-21-9-10-22-46(45)34-70-83)51(49)75-81(57)65-29-41-17-5-6-18-42(41)30-66-81/h1-24,49-54H,25-36H2. The van der Waals surface area contributed by atoms with E-state index in [1.54, 1.807) is 146 Å². The molecule has 0 N–H and O–H groups in total. The summed E-state index contributed by atoms with van der Waals surface area (Å²) in [4.78, 5) is 0. The van der Waals surface area contributed by atoms with Gasteiger partial charge in [-0.3, -0.25) is 81.4 Å². The fraction of sp³-hybridized carbons (Fsp3) is 0.333. The molecule has 6 heterocycles. The van der Waals surface area contributed by atoms with Crippen molar-refractivity contribution in [3.63, 3.8) is 0 Å². The van der Waals surface area contributed by atoms with Crippen LogP contribution in [0.2, 0.25) is 0 Å². The van der Waals surface area contributed by atoms with E-state index >= 15 is 27.4 Å². The van der Waals surface area contributed by atoms with Crippen LogP contribution in [-0.2, 0) is 188 Å². The minimum absolute atomic E-state index is 0.385. The van der Waals surface area contributed by atoms with Crippen molar-refractivity contribution in [1.82, 2.24) is 0 Å². The molecule has 0 amide bonds. The highest BCUT2D eigenvalue weighted by molar-refractivity contribution is 7.50. The van der Waals surface area contributed by atoms with Gasteiger partial charge < -0.3 is 0 Å². The number of rotatable bonds is 12. The van der Waals surface area contributed by atoms with E-state index in [0.29, 0.717) is 66.8 Å². The van der Waals surface area contributed by atoms with Crippen LogP contribution in [0.1, 0.15) is 66.8 Å². The van der Waals surface area contributed by atoms with Gasteiger partial charge >= 0.3 is 46.9 Å². The van der Waals surface area contributed by atoms with Gasteiger partial charge in [0.2, 0.25) is 0 Å². The molecule has 84 heavy (non-hydrogen) atoms. The summed E-state index contributed by atoms with van der Waals surface area (Å²) in [5.74, 6) is 0. The molecule has 0 aromatic heterocycles. The summed E-state index contributed by atoms with van der Waals surface area (Å²) in [5.41, 5.74) is 6.57. The minimum atomic E-state index is -5.14. The van der Waals surface area contributed by atoms with Gasteiger partial charge in [0.05, 0.1) is 79.3 Å². The fourth-order valence-corrected chi connectivity index (χ4v) is 18.1. The predicted octanol–water partition coefficient (Wildman–Crippen LogP) is 13.4. The first-order chi connectivity index (χ1) is 40.6. The molecular weight excluding hydrogens is 1220 g/mol. The lowest BCUT2D eigenvalue weighted by atomic mass is 9.85. The number of phosphoric ester groups is 6. The van der Waals surface area contributed by atoms with Crippen LogP contribution in [0.3, 0.4) is 0 Å². The van der Waals surface area contributed by atoms with Crippen LogP contribution in [0, 0.1) is 0 Å². The predicted molar refractivity (Wildman–Crippen MR) is 291 cm³/mol. The quantitative estimate of drug-likeness (QED) is 0.103. The largest absolute Gasteiger partial charge is 0.475 e. The highest BCUT2D eigenvalue weighted by Crippen LogP contribution is 2.67. The molecule has 0 bridgehead atoms. The second kappa shape index (κ2) is 24.5. The van der Waals surface area contributed by atoms with Gasteiger partial charge in [-0.1, -0.05) is 146 Å². The normalized spacial score (nSPS) is 27.3. The van der Waals surface area contributed by atoms with Crippen LogP contribution in [0.4, 0.5) is 0 Å². The van der Waals surface area contributed by atoms with Crippen LogP contribution in [-0.4, -0.2) is 36.6 Å². The zero-order valence-corrected chi connectivity index (χ0v) is 49.7. The maximum atomic E-state index is 15.6. The van der Waals surface area contributed by atoms with Crippen LogP contribution in [0.25, 0.3) is 0 Å². The van der Waals surface area contributed by atoms with E-state index in [1.807, 2.05) is 0 Å². The summed E-state index contributed by atoms with van der Waals surface area (Å²) in [7, 11) is -30.8. The molecule has 1 aliphatic carbocycles. The molecule has 1 saturated carbocycles. The molecule has 0 atom stereocenters. The Hall–Kier alpha value is -4.02. The van der Waals surface area contributed by atoms with Crippen molar-refractivity contribution in [3.8, 4) is 0 Å². The Bertz CT molecular complexity index is 2920. The van der Waals surface area contributed by atoms with E-state index in [-0.39, 0.29) is 79.3 Å². The topological polar surface area (TPSA) is 269 Å². The summed E-state index contributed by atoms with van der Waals surface area (Å²) in [5, 5.41) is 0. The maximum Gasteiger partial charge on any atom is 0.475 e. The lowest BCUT2D eigenvalue weighted by Crippen LogP contribution is -2.66. The molecule has 6 aliphatic heterocycles. The first kappa shape index (κ1) is 59.0. The van der Waals surface area contributed by atoms with Crippen LogP contribution >= 0.6 is 46.9 Å². The molecule has 6 aromatic rings. The smallest absolute Gasteiger partial charge is 0.282 e. The average molecular weight is 1270 g/mol. The molecule has 0 radical (unpaired) electrons. The van der Waals surface area contributed by atoms with Crippen molar-refractivity contribution in [2.24, 2.45) is 0 Å². The van der Waals surface area contributed by atoms with Crippen molar-refractivity contribution in [2.75, 3.05) is 0 Å². The van der Waals surface area contributed by atoms with Gasteiger partial charge in [0, 0.05) is 0 Å². The molecule has 1 fully saturated rings. The van der Waals surface area contributed by atoms with Gasteiger partial charge in [-0.05, 0) is 66.8 Å². The molecule has 0 spiro atoms. The number of hydrogen-bond acceptors (Lipinski definition) is 24. The van der Waals surface area contributed by atoms with Gasteiger partial charge in [-0.15, -0.1) is 0 Å². The van der Waals surface area contributed by atoms with Crippen molar-refractivity contribution in [3.05, 3.63) is 212 Å². The SMILES string of the molecule is O=P1(OC2C(OP3(=O)OCc4ccccc4CO3)C(OP3(=O)OCc4ccccc4CO3)C(OP3(=O)OCc4ccccc4CO3)C(OP3(=O)OCc4ccccc4CO3)C2OP2(=O)OCc3ccccc3CO2)OCc2ccccc2CO1. The van der Waals surface area contributed by atoms with E-state index in [2.05, 4.69) is 0 Å². The fourth-order valence-electron chi connectivity index (χ4n) is 10.1. The van der Waals surface area contributed by atoms with Crippen molar-refractivity contribution in [2.45, 2.75) is 116 Å². The third kappa shape index (κ3) is 13.1. The zero-order valence-electron chi connectivity index (χ0n) is 44.3. The van der Waals surface area contributed by atoms with E-state index in [0.717, 1.165) is 0 Å². The van der Waals surface area contributed by atoms with Crippen molar-refractivity contribution >= 4 is 46.9 Å². The number of phosphoric acid groups is 6. The Morgan fingerprint density at radius 3 is 0.393 bits per heavy atom. The summed E-state index contributed by atoms with van der Waals surface area (Å²) < 4.78 is 206. The second-order valence-electron chi connectivity index (χ2n) is 20.0. The van der Waals surface area contributed by atoms with Crippen LogP contribution in [0.15, 0.2) is 146 Å². The summed E-state index contributed by atoms with van der Waals surface area (Å²) in [6.07, 6.45) is -14.3. The Kier molecular flexibility index (Phi) is 17.2. The van der Waals surface area contributed by atoms with E-state index in [1.165, 1.54) is 0 Å². The molecule has 444 valence electrons. The molecule has 6 aromatic carbocycles. The monoisotopic (exact) mass is 1270 g/mol. The summed E-state index contributed by atoms with van der Waals surface area (Å²) >= 11 is 0.